The van der Waals surface area contributed by atoms with Gasteiger partial charge < -0.3 is 0 Å². The van der Waals surface area contributed by atoms with Gasteiger partial charge in [0.15, 0.2) is 4.33 Å². The van der Waals surface area contributed by atoms with Gasteiger partial charge in [-0.3, -0.25) is 0 Å². The molecule has 20 heavy (non-hydrogen) atoms. The predicted molar refractivity (Wildman–Crippen MR) is 90.9 cm³/mol. The molecule has 0 bridgehead atoms. The maximum Gasteiger partial charge on any atom is 0.226 e. The Morgan fingerprint density at radius 3 is 2.00 bits per heavy atom. The second kappa shape index (κ2) is 5.74. The van der Waals surface area contributed by atoms with E-state index in [1.54, 1.807) is 6.07 Å². The molecule has 0 saturated heterocycles. The lowest BCUT2D eigenvalue weighted by Gasteiger charge is -2.38. The van der Waals surface area contributed by atoms with Gasteiger partial charge in [-0.05, 0) is 16.8 Å². The Labute approximate surface area is 151 Å². The van der Waals surface area contributed by atoms with Crippen LogP contribution in [-0.4, -0.2) is 8.13 Å². The number of hydrogen-bond acceptors (Lipinski definition) is 0. The van der Waals surface area contributed by atoms with E-state index in [1.807, 2.05) is 30.3 Å². The molecule has 107 valence electrons. The minimum atomic E-state index is -2.09. The highest BCUT2D eigenvalue weighted by atomic mass is 35.6. The molecule has 0 aliphatic heterocycles. The molecule has 0 heterocycles. The molecule has 1 radical (unpaired) electrons. The van der Waals surface area contributed by atoms with Gasteiger partial charge in [-0.2, -0.15) is 0 Å². The summed E-state index contributed by atoms with van der Waals surface area (Å²) < 4.78 is -6.04. The summed E-state index contributed by atoms with van der Waals surface area (Å²) in [5.74, 6) is 0. The smallest absolute Gasteiger partial charge is 0.0930 e. The quantitative estimate of drug-likeness (QED) is 0.477. The van der Waals surface area contributed by atoms with Gasteiger partial charge in [0.1, 0.15) is 0 Å². The van der Waals surface area contributed by atoms with E-state index in [0.29, 0.717) is 5.56 Å². The van der Waals surface area contributed by atoms with E-state index in [-0.39, 0.29) is 0 Å². The first-order valence-electron chi connectivity index (χ1n) is 5.31. The third-order valence-electron chi connectivity index (χ3n) is 2.79. The lowest BCUT2D eigenvalue weighted by molar-refractivity contribution is 0.702. The molecule has 2 aromatic rings. The summed E-state index contributed by atoms with van der Waals surface area (Å²) in [7, 11) is 0. The molecule has 0 fully saturated rings. The molecule has 0 N–H and O–H groups in total. The predicted octanol–water partition coefficient (Wildman–Crippen LogP) is 6.81. The third kappa shape index (κ3) is 2.82. The van der Waals surface area contributed by atoms with E-state index in [2.05, 4.69) is 6.07 Å². The molecule has 0 atom stereocenters. The normalized spacial score (nSPS) is 13.8. The molecule has 2 aromatic carbocycles. The van der Waals surface area contributed by atoms with Gasteiger partial charge >= 0.3 is 0 Å². The van der Waals surface area contributed by atoms with Crippen LogP contribution in [0.25, 0.3) is 10.8 Å². The summed E-state index contributed by atoms with van der Waals surface area (Å²) in [6, 6.07) is 13.8. The fourth-order valence-corrected chi connectivity index (χ4v) is 3.26. The van der Waals surface area contributed by atoms with E-state index in [9.17, 15) is 0 Å². The number of fused-ring (bicyclic) bond motifs is 1. The molecule has 0 aliphatic rings. The highest BCUT2D eigenvalue weighted by Crippen LogP contribution is 2.61. The van der Waals surface area contributed by atoms with Crippen LogP contribution >= 0.6 is 81.2 Å². The summed E-state index contributed by atoms with van der Waals surface area (Å²) >= 11 is 42.3. The van der Waals surface area contributed by atoms with Crippen LogP contribution in [0.1, 0.15) is 5.56 Å². The Bertz CT molecular complexity index is 623. The molecule has 0 spiro atoms. The van der Waals surface area contributed by atoms with Gasteiger partial charge in [0, 0.05) is 5.56 Å². The molecule has 2 rings (SSSR count). The number of halogens is 7. The molecule has 0 aliphatic carbocycles. The lowest BCUT2D eigenvalue weighted by Crippen LogP contribution is -2.45. The van der Waals surface area contributed by atoms with E-state index in [4.69, 9.17) is 81.2 Å². The monoisotopic (exact) mass is 407 g/mol. The first-order valence-corrected chi connectivity index (χ1v) is 7.96. The SMILES string of the molecule is ClC(Cl)(Cl)C(Cl)(Cl)C(Cl)(Cl)c1[c]ccc2ccccc12. The summed E-state index contributed by atoms with van der Waals surface area (Å²) in [6.45, 7) is 0. The van der Waals surface area contributed by atoms with Crippen LogP contribution in [0, 0.1) is 6.07 Å². The molecule has 7 heteroatoms. The zero-order valence-electron chi connectivity index (χ0n) is 9.61. The van der Waals surface area contributed by atoms with Gasteiger partial charge in [0.05, 0.1) is 0 Å². The Morgan fingerprint density at radius 1 is 0.800 bits per heavy atom. The van der Waals surface area contributed by atoms with Gasteiger partial charge in [-0.25, -0.2) is 0 Å². The van der Waals surface area contributed by atoms with Crippen molar-refractivity contribution in [1.29, 1.82) is 0 Å². The van der Waals surface area contributed by atoms with E-state index in [0.717, 1.165) is 10.8 Å². The summed E-state index contributed by atoms with van der Waals surface area (Å²) in [5.41, 5.74) is 0.343. The van der Waals surface area contributed by atoms with Crippen LogP contribution in [-0.2, 0) is 4.33 Å². The maximum absolute atomic E-state index is 6.33. The second-order valence-electron chi connectivity index (χ2n) is 4.09. The average Bonchev–Trinajstić information content (AvgIpc) is 2.36. The van der Waals surface area contributed by atoms with Crippen LogP contribution in [0.4, 0.5) is 0 Å². The lowest BCUT2D eigenvalue weighted by atomic mass is 10.00. The molecule has 0 amide bonds. The van der Waals surface area contributed by atoms with Crippen molar-refractivity contribution in [1.82, 2.24) is 0 Å². The molecule has 0 nitrogen and oxygen atoms in total. The number of benzene rings is 2. The van der Waals surface area contributed by atoms with Gasteiger partial charge in [0.2, 0.25) is 8.13 Å². The summed E-state index contributed by atoms with van der Waals surface area (Å²) in [6.07, 6.45) is 0. The highest BCUT2D eigenvalue weighted by molar-refractivity contribution is 6.78. The minimum Gasteiger partial charge on any atom is -0.0930 e. The van der Waals surface area contributed by atoms with Crippen LogP contribution in [0.5, 0.6) is 0 Å². The molecular weight excluding hydrogens is 404 g/mol. The molecule has 0 saturated carbocycles. The van der Waals surface area contributed by atoms with Crippen LogP contribution in [0.2, 0.25) is 0 Å². The zero-order chi connectivity index (χ0) is 15.2. The van der Waals surface area contributed by atoms with Gasteiger partial charge in [-0.1, -0.05) is 118 Å². The van der Waals surface area contributed by atoms with Crippen LogP contribution in [0.15, 0.2) is 36.4 Å². The highest BCUT2D eigenvalue weighted by Gasteiger charge is 2.61. The van der Waals surface area contributed by atoms with E-state index >= 15 is 0 Å². The second-order valence-corrected chi connectivity index (χ2v) is 9.02. The van der Waals surface area contributed by atoms with Crippen molar-refractivity contribution in [3.63, 3.8) is 0 Å². The maximum atomic E-state index is 6.33. The first-order chi connectivity index (χ1) is 9.09. The largest absolute Gasteiger partial charge is 0.226 e. The first kappa shape index (κ1) is 17.1. The van der Waals surface area contributed by atoms with E-state index in [1.165, 1.54) is 0 Å². The Kier molecular flexibility index (Phi) is 4.90. The van der Waals surface area contributed by atoms with E-state index < -0.39 is 12.5 Å². The molecular formula is C13H6Cl7. The van der Waals surface area contributed by atoms with Crippen LogP contribution in [0.3, 0.4) is 0 Å². The Morgan fingerprint density at radius 2 is 1.40 bits per heavy atom. The van der Waals surface area contributed by atoms with Crippen molar-refractivity contribution in [2.45, 2.75) is 12.5 Å². The topological polar surface area (TPSA) is 0 Å². The fourth-order valence-electron chi connectivity index (χ4n) is 1.76. The number of alkyl halides is 7. The molecule has 0 aromatic heterocycles. The van der Waals surface area contributed by atoms with Crippen molar-refractivity contribution in [3.05, 3.63) is 48.0 Å². The third-order valence-corrected chi connectivity index (χ3v) is 6.68. The summed E-state index contributed by atoms with van der Waals surface area (Å²) in [5, 5.41) is 1.61. The van der Waals surface area contributed by atoms with Crippen LogP contribution < -0.4 is 0 Å². The minimum absolute atomic E-state index is 0.343. The summed E-state index contributed by atoms with van der Waals surface area (Å²) in [4.78, 5) is 0. The Balaban J connectivity index is 2.69. The fraction of sp³-hybridized carbons (Fsp3) is 0.231. The average molecular weight is 410 g/mol. The molecule has 0 unspecified atom stereocenters. The number of hydrogen-bond donors (Lipinski definition) is 0. The van der Waals surface area contributed by atoms with Crippen molar-refractivity contribution in [2.24, 2.45) is 0 Å². The van der Waals surface area contributed by atoms with Gasteiger partial charge in [0.25, 0.3) is 0 Å². The van der Waals surface area contributed by atoms with Crippen molar-refractivity contribution < 1.29 is 0 Å². The van der Waals surface area contributed by atoms with Crippen molar-refractivity contribution >= 4 is 92.0 Å². The van der Waals surface area contributed by atoms with Crippen molar-refractivity contribution in [2.75, 3.05) is 0 Å². The van der Waals surface area contributed by atoms with Crippen molar-refractivity contribution in [3.8, 4) is 0 Å². The van der Waals surface area contributed by atoms with Gasteiger partial charge in [-0.15, -0.1) is 0 Å². The Hall–Kier alpha value is 0.730. The zero-order valence-corrected chi connectivity index (χ0v) is 14.9. The number of rotatable bonds is 2. The standard InChI is InChI=1S/C13H6Cl7/c14-11(15,12(16,17)13(18,19)20)10-7-3-5-8-4-1-2-6-9(8)10/h1-6H.